The Balaban J connectivity index is 0.00000147. The number of rotatable bonds is 3. The van der Waals surface area contributed by atoms with Crippen molar-refractivity contribution in [2.45, 2.75) is 6.04 Å². The Morgan fingerprint density at radius 2 is 2.00 bits per heavy atom. The third kappa shape index (κ3) is 2.79. The van der Waals surface area contributed by atoms with Crippen LogP contribution in [-0.4, -0.2) is 30.0 Å². The second kappa shape index (κ2) is 5.67. The zero-order valence-electron chi connectivity index (χ0n) is 10.3. The lowest BCUT2D eigenvalue weighted by molar-refractivity contribution is -0.385. The van der Waals surface area contributed by atoms with E-state index < -0.39 is 4.92 Å². The predicted molar refractivity (Wildman–Crippen MR) is 79.1 cm³/mol. The zero-order valence-corrected chi connectivity index (χ0v) is 12.7. The number of carbonyl (C=O) groups is 1. The van der Waals surface area contributed by atoms with Crippen molar-refractivity contribution in [1.82, 2.24) is 10.6 Å². The molecule has 1 aromatic rings. The van der Waals surface area contributed by atoms with Gasteiger partial charge in [-0.1, -0.05) is 15.9 Å². The Bertz CT molecular complexity index is 559. The van der Waals surface area contributed by atoms with E-state index in [1.807, 2.05) is 0 Å². The van der Waals surface area contributed by atoms with Gasteiger partial charge in [0.25, 0.3) is 11.6 Å². The highest BCUT2D eigenvalue weighted by Crippen LogP contribution is 2.41. The van der Waals surface area contributed by atoms with Gasteiger partial charge in [0.1, 0.15) is 0 Å². The average molecular weight is 363 g/mol. The number of nitrogens with one attached hydrogen (secondary N) is 2. The minimum atomic E-state index is -0.503. The molecule has 2 unspecified atom stereocenters. The molecule has 1 saturated carbocycles. The molecule has 8 heteroatoms. The van der Waals surface area contributed by atoms with Gasteiger partial charge in [0.2, 0.25) is 0 Å². The van der Waals surface area contributed by atoms with Crippen LogP contribution in [0.1, 0.15) is 10.4 Å². The molecule has 20 heavy (non-hydrogen) atoms. The van der Waals surface area contributed by atoms with E-state index in [9.17, 15) is 14.9 Å². The maximum atomic E-state index is 12.1. The number of nitro groups is 1. The molecule has 2 aliphatic rings. The van der Waals surface area contributed by atoms with Gasteiger partial charge < -0.3 is 10.6 Å². The summed E-state index contributed by atoms with van der Waals surface area (Å²) < 4.78 is 0.532. The molecule has 1 aromatic carbocycles. The fourth-order valence-electron chi connectivity index (χ4n) is 2.68. The van der Waals surface area contributed by atoms with E-state index in [0.717, 1.165) is 13.1 Å². The number of hydrogen-bond donors (Lipinski definition) is 2. The first-order valence-electron chi connectivity index (χ1n) is 6.03. The van der Waals surface area contributed by atoms with Crippen molar-refractivity contribution < 1.29 is 9.72 Å². The summed E-state index contributed by atoms with van der Waals surface area (Å²) in [6.07, 6.45) is 0. The summed E-state index contributed by atoms with van der Waals surface area (Å²) in [5, 5.41) is 17.0. The van der Waals surface area contributed by atoms with E-state index in [4.69, 9.17) is 0 Å². The van der Waals surface area contributed by atoms with Crippen LogP contribution in [0.4, 0.5) is 5.69 Å². The maximum Gasteiger partial charge on any atom is 0.271 e. The third-order valence-electron chi connectivity index (χ3n) is 3.74. The molecular formula is C12H13BrClN3O3. The smallest absolute Gasteiger partial charge is 0.271 e. The van der Waals surface area contributed by atoms with Crippen LogP contribution in [0, 0.1) is 22.0 Å². The van der Waals surface area contributed by atoms with Crippen molar-refractivity contribution in [3.8, 4) is 0 Å². The SMILES string of the molecule is Cl.O=C(NC1C2CNCC21)c1cc(Br)cc([N+](=O)[O-])c1. The van der Waals surface area contributed by atoms with Gasteiger partial charge in [-0.25, -0.2) is 0 Å². The van der Waals surface area contributed by atoms with Gasteiger partial charge >= 0.3 is 0 Å². The minimum absolute atomic E-state index is 0. The summed E-state index contributed by atoms with van der Waals surface area (Å²) in [7, 11) is 0. The van der Waals surface area contributed by atoms with Gasteiger partial charge in [-0.05, 0) is 17.9 Å². The Morgan fingerprint density at radius 3 is 2.60 bits per heavy atom. The van der Waals surface area contributed by atoms with E-state index in [1.54, 1.807) is 6.07 Å². The first-order valence-corrected chi connectivity index (χ1v) is 6.82. The van der Waals surface area contributed by atoms with E-state index in [2.05, 4.69) is 26.6 Å². The summed E-state index contributed by atoms with van der Waals surface area (Å²) in [6.45, 7) is 1.88. The number of hydrogen-bond acceptors (Lipinski definition) is 4. The lowest BCUT2D eigenvalue weighted by Crippen LogP contribution is -2.32. The van der Waals surface area contributed by atoms with Crippen LogP contribution in [0.2, 0.25) is 0 Å². The quantitative estimate of drug-likeness (QED) is 0.633. The Kier molecular flexibility index (Phi) is 4.31. The van der Waals surface area contributed by atoms with E-state index in [1.165, 1.54) is 12.1 Å². The maximum absolute atomic E-state index is 12.1. The number of nitro benzene ring substituents is 1. The lowest BCUT2D eigenvalue weighted by Gasteiger charge is -2.08. The van der Waals surface area contributed by atoms with Crippen molar-refractivity contribution in [3.05, 3.63) is 38.3 Å². The molecule has 1 aliphatic carbocycles. The van der Waals surface area contributed by atoms with Gasteiger partial charge in [-0.3, -0.25) is 14.9 Å². The monoisotopic (exact) mass is 361 g/mol. The number of fused-ring (bicyclic) bond motifs is 1. The molecule has 3 rings (SSSR count). The summed E-state index contributed by atoms with van der Waals surface area (Å²) in [5.41, 5.74) is 0.233. The molecule has 1 saturated heterocycles. The predicted octanol–water partition coefficient (Wildman–Crippen LogP) is 1.73. The number of non-ortho nitro benzene ring substituents is 1. The number of piperidine rings is 1. The minimum Gasteiger partial charge on any atom is -0.349 e. The molecule has 2 atom stereocenters. The second-order valence-corrected chi connectivity index (χ2v) is 5.86. The standard InChI is InChI=1S/C12H12BrN3O3.ClH/c13-7-1-6(2-8(3-7)16(18)19)12(17)15-11-9-4-14-5-10(9)11;/h1-3,9-11,14H,4-5H2,(H,15,17);1H. The van der Waals surface area contributed by atoms with E-state index in [-0.39, 0.29) is 30.0 Å². The highest BCUT2D eigenvalue weighted by Gasteiger charge is 2.53. The van der Waals surface area contributed by atoms with Crippen LogP contribution >= 0.6 is 28.3 Å². The number of amides is 1. The summed E-state index contributed by atoms with van der Waals surface area (Å²) in [6, 6.07) is 4.49. The fourth-order valence-corrected chi connectivity index (χ4v) is 3.16. The molecule has 0 bridgehead atoms. The molecule has 1 amide bonds. The molecule has 6 nitrogen and oxygen atoms in total. The number of nitrogens with zero attached hydrogens (tertiary/aromatic N) is 1. The highest BCUT2D eigenvalue weighted by molar-refractivity contribution is 9.10. The van der Waals surface area contributed by atoms with Crippen molar-refractivity contribution in [1.29, 1.82) is 0 Å². The number of benzene rings is 1. The molecule has 108 valence electrons. The normalized spacial score (nSPS) is 26.4. The van der Waals surface area contributed by atoms with Gasteiger partial charge in [-0.15, -0.1) is 12.4 Å². The fraction of sp³-hybridized carbons (Fsp3) is 0.417. The molecule has 0 spiro atoms. The van der Waals surface area contributed by atoms with Crippen LogP contribution in [0.25, 0.3) is 0 Å². The van der Waals surface area contributed by atoms with Crippen LogP contribution in [0.3, 0.4) is 0 Å². The van der Waals surface area contributed by atoms with Crippen molar-refractivity contribution in [2.24, 2.45) is 11.8 Å². The molecule has 2 fully saturated rings. The van der Waals surface area contributed by atoms with Crippen LogP contribution in [-0.2, 0) is 0 Å². The second-order valence-electron chi connectivity index (χ2n) is 4.94. The topological polar surface area (TPSA) is 84.3 Å². The molecule has 1 aliphatic heterocycles. The van der Waals surface area contributed by atoms with Crippen molar-refractivity contribution in [3.63, 3.8) is 0 Å². The first kappa shape index (κ1) is 15.2. The average Bonchev–Trinajstić information content (AvgIpc) is 2.81. The Labute approximate surface area is 130 Å². The van der Waals surface area contributed by atoms with Crippen molar-refractivity contribution >= 4 is 39.9 Å². The van der Waals surface area contributed by atoms with Gasteiger partial charge in [-0.2, -0.15) is 0 Å². The Morgan fingerprint density at radius 1 is 1.35 bits per heavy atom. The summed E-state index contributed by atoms with van der Waals surface area (Å²) in [5.74, 6) is 0.793. The highest BCUT2D eigenvalue weighted by atomic mass is 79.9. The Hall–Kier alpha value is -1.18. The first-order chi connectivity index (χ1) is 9.06. The van der Waals surface area contributed by atoms with Crippen LogP contribution < -0.4 is 10.6 Å². The van der Waals surface area contributed by atoms with Gasteiger partial charge in [0, 0.05) is 41.3 Å². The summed E-state index contributed by atoms with van der Waals surface area (Å²) >= 11 is 3.19. The molecule has 0 aromatic heterocycles. The van der Waals surface area contributed by atoms with E-state index in [0.29, 0.717) is 21.9 Å². The third-order valence-corrected chi connectivity index (χ3v) is 4.20. The summed E-state index contributed by atoms with van der Waals surface area (Å²) in [4.78, 5) is 22.3. The molecule has 2 N–H and O–H groups in total. The zero-order chi connectivity index (χ0) is 13.6. The molecule has 0 radical (unpaired) electrons. The van der Waals surface area contributed by atoms with Crippen LogP contribution in [0.15, 0.2) is 22.7 Å². The molecule has 1 heterocycles. The van der Waals surface area contributed by atoms with E-state index >= 15 is 0 Å². The lowest BCUT2D eigenvalue weighted by atomic mass is 10.2. The number of halogens is 2. The number of carbonyl (C=O) groups excluding carboxylic acids is 1. The largest absolute Gasteiger partial charge is 0.349 e. The van der Waals surface area contributed by atoms with Crippen LogP contribution in [0.5, 0.6) is 0 Å². The van der Waals surface area contributed by atoms with Crippen molar-refractivity contribution in [2.75, 3.05) is 13.1 Å². The van der Waals surface area contributed by atoms with Gasteiger partial charge in [0.15, 0.2) is 0 Å². The molecular weight excluding hydrogens is 350 g/mol. The van der Waals surface area contributed by atoms with Gasteiger partial charge in [0.05, 0.1) is 4.92 Å².